The number of amides is 1. The van der Waals surface area contributed by atoms with Gasteiger partial charge in [0.2, 0.25) is 0 Å². The Bertz CT molecular complexity index is 1390. The van der Waals surface area contributed by atoms with Crippen LogP contribution >= 0.6 is 11.6 Å². The standard InChI is InChI=1S/C23H19ClN4O3S/c1-16-10-11-18(15-22(16)27-32(30,31)20-8-3-2-4-9-20)25-23(29)21-12-13-28(26-21)19-7-5-6-17(24)14-19/h2-15,27H,1H3,(H,25,29). The minimum atomic E-state index is -3.75. The molecular weight excluding hydrogens is 448 g/mol. The van der Waals surface area contributed by atoms with Crippen molar-refractivity contribution in [3.8, 4) is 5.69 Å². The molecule has 1 aromatic heterocycles. The van der Waals surface area contributed by atoms with Crippen molar-refractivity contribution in [3.63, 3.8) is 0 Å². The molecule has 0 fully saturated rings. The molecule has 4 aromatic rings. The molecule has 1 heterocycles. The first-order chi connectivity index (χ1) is 15.3. The van der Waals surface area contributed by atoms with Crippen LogP contribution in [0.4, 0.5) is 11.4 Å². The van der Waals surface area contributed by atoms with E-state index in [2.05, 4.69) is 15.1 Å². The molecule has 32 heavy (non-hydrogen) atoms. The van der Waals surface area contributed by atoms with Crippen molar-refractivity contribution < 1.29 is 13.2 Å². The van der Waals surface area contributed by atoms with Crippen LogP contribution < -0.4 is 10.0 Å². The molecule has 0 saturated carbocycles. The van der Waals surface area contributed by atoms with Gasteiger partial charge in [0.1, 0.15) is 0 Å². The maximum atomic E-state index is 12.7. The fourth-order valence-electron chi connectivity index (χ4n) is 3.02. The normalized spacial score (nSPS) is 11.2. The van der Waals surface area contributed by atoms with Crippen LogP contribution in [0, 0.1) is 6.92 Å². The summed E-state index contributed by atoms with van der Waals surface area (Å²) < 4.78 is 29.4. The van der Waals surface area contributed by atoms with Gasteiger partial charge >= 0.3 is 0 Å². The van der Waals surface area contributed by atoms with E-state index in [9.17, 15) is 13.2 Å². The van der Waals surface area contributed by atoms with Crippen molar-refractivity contribution in [1.29, 1.82) is 0 Å². The van der Waals surface area contributed by atoms with Gasteiger partial charge in [-0.05, 0) is 61.0 Å². The zero-order valence-corrected chi connectivity index (χ0v) is 18.6. The zero-order chi connectivity index (χ0) is 22.7. The Morgan fingerprint density at radius 1 is 0.969 bits per heavy atom. The molecule has 0 aliphatic rings. The first-order valence-corrected chi connectivity index (χ1v) is 11.5. The van der Waals surface area contributed by atoms with Gasteiger partial charge in [0.15, 0.2) is 5.69 Å². The Hall–Kier alpha value is -3.62. The monoisotopic (exact) mass is 466 g/mol. The summed E-state index contributed by atoms with van der Waals surface area (Å²) in [4.78, 5) is 12.8. The number of anilines is 2. The molecule has 0 saturated heterocycles. The van der Waals surface area contributed by atoms with Gasteiger partial charge in [0.25, 0.3) is 15.9 Å². The van der Waals surface area contributed by atoms with E-state index in [0.29, 0.717) is 22.0 Å². The predicted molar refractivity (Wildman–Crippen MR) is 125 cm³/mol. The first-order valence-electron chi connectivity index (χ1n) is 9.63. The van der Waals surface area contributed by atoms with Gasteiger partial charge in [0.05, 0.1) is 16.3 Å². The average molecular weight is 467 g/mol. The summed E-state index contributed by atoms with van der Waals surface area (Å²) in [5, 5.41) is 7.61. The highest BCUT2D eigenvalue weighted by Crippen LogP contribution is 2.24. The van der Waals surface area contributed by atoms with E-state index in [4.69, 9.17) is 11.6 Å². The van der Waals surface area contributed by atoms with Gasteiger partial charge in [-0.1, -0.05) is 41.9 Å². The molecule has 0 unspecified atom stereocenters. The Balaban J connectivity index is 1.52. The molecular formula is C23H19ClN4O3S. The van der Waals surface area contributed by atoms with E-state index >= 15 is 0 Å². The predicted octanol–water partition coefficient (Wildman–Crippen LogP) is 4.89. The number of nitrogens with zero attached hydrogens (tertiary/aromatic N) is 2. The van der Waals surface area contributed by atoms with E-state index in [0.717, 1.165) is 5.69 Å². The van der Waals surface area contributed by atoms with Gasteiger partial charge in [-0.25, -0.2) is 13.1 Å². The summed E-state index contributed by atoms with van der Waals surface area (Å²) in [6.45, 7) is 1.78. The minimum Gasteiger partial charge on any atom is -0.321 e. The zero-order valence-electron chi connectivity index (χ0n) is 17.0. The lowest BCUT2D eigenvalue weighted by Crippen LogP contribution is -2.15. The molecule has 0 bridgehead atoms. The lowest BCUT2D eigenvalue weighted by atomic mass is 10.2. The van der Waals surface area contributed by atoms with Crippen LogP contribution in [0.15, 0.2) is 90.0 Å². The molecule has 3 aromatic carbocycles. The second-order valence-corrected chi connectivity index (χ2v) is 9.15. The maximum Gasteiger partial charge on any atom is 0.276 e. The molecule has 9 heteroatoms. The SMILES string of the molecule is Cc1ccc(NC(=O)c2ccn(-c3cccc(Cl)c3)n2)cc1NS(=O)(=O)c1ccccc1. The highest BCUT2D eigenvalue weighted by molar-refractivity contribution is 7.92. The summed E-state index contributed by atoms with van der Waals surface area (Å²) in [5.74, 6) is -0.425. The van der Waals surface area contributed by atoms with Crippen molar-refractivity contribution in [2.45, 2.75) is 11.8 Å². The van der Waals surface area contributed by atoms with Gasteiger partial charge in [-0.3, -0.25) is 9.52 Å². The third-order valence-electron chi connectivity index (χ3n) is 4.69. The fraction of sp³-hybridized carbons (Fsp3) is 0.0435. The van der Waals surface area contributed by atoms with E-state index in [1.165, 1.54) is 12.1 Å². The first kappa shape index (κ1) is 21.6. The number of hydrogen-bond donors (Lipinski definition) is 2. The number of benzene rings is 3. The molecule has 2 N–H and O–H groups in total. The third kappa shape index (κ3) is 4.82. The molecule has 0 atom stereocenters. The topological polar surface area (TPSA) is 93.1 Å². The highest BCUT2D eigenvalue weighted by atomic mass is 35.5. The van der Waals surface area contributed by atoms with Crippen LogP contribution in [-0.2, 0) is 10.0 Å². The number of carbonyl (C=O) groups excluding carboxylic acids is 1. The van der Waals surface area contributed by atoms with Crippen LogP contribution in [0.1, 0.15) is 16.1 Å². The molecule has 4 rings (SSSR count). The number of nitrogens with one attached hydrogen (secondary N) is 2. The Kier molecular flexibility index (Phi) is 5.98. The number of rotatable bonds is 6. The molecule has 0 spiro atoms. The molecule has 162 valence electrons. The molecule has 0 aliphatic heterocycles. The Morgan fingerprint density at radius 3 is 2.50 bits per heavy atom. The maximum absolute atomic E-state index is 12.7. The second-order valence-electron chi connectivity index (χ2n) is 7.03. The van der Waals surface area contributed by atoms with E-state index < -0.39 is 15.9 Å². The quantitative estimate of drug-likeness (QED) is 0.423. The average Bonchev–Trinajstić information content (AvgIpc) is 3.27. The summed E-state index contributed by atoms with van der Waals surface area (Å²) in [6.07, 6.45) is 1.66. The van der Waals surface area contributed by atoms with Crippen LogP contribution in [-0.4, -0.2) is 24.1 Å². The summed E-state index contributed by atoms with van der Waals surface area (Å²) in [7, 11) is -3.75. The van der Waals surface area contributed by atoms with Gasteiger partial charge < -0.3 is 5.32 Å². The van der Waals surface area contributed by atoms with Crippen molar-refractivity contribution in [3.05, 3.63) is 101 Å². The van der Waals surface area contributed by atoms with E-state index in [-0.39, 0.29) is 10.6 Å². The number of sulfonamides is 1. The third-order valence-corrected chi connectivity index (χ3v) is 6.30. The van der Waals surface area contributed by atoms with E-state index in [1.54, 1.807) is 78.5 Å². The molecule has 0 radical (unpaired) electrons. The Labute approximate surface area is 190 Å². The summed E-state index contributed by atoms with van der Waals surface area (Å²) in [5.41, 5.74) is 2.45. The number of aryl methyl sites for hydroxylation is 1. The van der Waals surface area contributed by atoms with Crippen molar-refractivity contribution in [2.24, 2.45) is 0 Å². The lowest BCUT2D eigenvalue weighted by molar-refractivity contribution is 0.102. The summed E-state index contributed by atoms with van der Waals surface area (Å²) in [6, 6.07) is 21.8. The van der Waals surface area contributed by atoms with Crippen LogP contribution in [0.5, 0.6) is 0 Å². The lowest BCUT2D eigenvalue weighted by Gasteiger charge is -2.12. The number of aromatic nitrogens is 2. The van der Waals surface area contributed by atoms with Crippen LogP contribution in [0.2, 0.25) is 5.02 Å². The summed E-state index contributed by atoms with van der Waals surface area (Å²) >= 11 is 6.01. The van der Waals surface area contributed by atoms with Crippen molar-refractivity contribution in [1.82, 2.24) is 9.78 Å². The highest BCUT2D eigenvalue weighted by Gasteiger charge is 2.16. The van der Waals surface area contributed by atoms with Crippen molar-refractivity contribution in [2.75, 3.05) is 10.0 Å². The minimum absolute atomic E-state index is 0.153. The second kappa shape index (κ2) is 8.86. The van der Waals surface area contributed by atoms with Crippen LogP contribution in [0.25, 0.3) is 5.69 Å². The van der Waals surface area contributed by atoms with Gasteiger partial charge in [-0.15, -0.1) is 0 Å². The molecule has 0 aliphatic carbocycles. The smallest absolute Gasteiger partial charge is 0.276 e. The number of hydrogen-bond acceptors (Lipinski definition) is 4. The Morgan fingerprint density at radius 2 is 1.75 bits per heavy atom. The van der Waals surface area contributed by atoms with E-state index in [1.807, 2.05) is 6.07 Å². The fourth-order valence-corrected chi connectivity index (χ4v) is 4.34. The molecule has 1 amide bonds. The van der Waals surface area contributed by atoms with Gasteiger partial charge in [0, 0.05) is 16.9 Å². The van der Waals surface area contributed by atoms with Gasteiger partial charge in [-0.2, -0.15) is 5.10 Å². The number of carbonyl (C=O) groups is 1. The number of halogens is 1. The molecule has 7 nitrogen and oxygen atoms in total. The van der Waals surface area contributed by atoms with Crippen molar-refractivity contribution >= 4 is 38.9 Å². The van der Waals surface area contributed by atoms with Crippen LogP contribution in [0.3, 0.4) is 0 Å². The largest absolute Gasteiger partial charge is 0.321 e.